The molecule has 0 spiro atoms. The highest BCUT2D eigenvalue weighted by atomic mass is 32.1. The minimum atomic E-state index is -0.537. The van der Waals surface area contributed by atoms with E-state index in [2.05, 4.69) is 52.2 Å². The van der Waals surface area contributed by atoms with Crippen molar-refractivity contribution in [3.63, 3.8) is 0 Å². The van der Waals surface area contributed by atoms with E-state index < -0.39 is 11.9 Å². The normalized spacial score (nSPS) is 16.5. The third kappa shape index (κ3) is 5.53. The van der Waals surface area contributed by atoms with Gasteiger partial charge in [-0.3, -0.25) is 19.7 Å². The molecule has 1 saturated heterocycles. The first kappa shape index (κ1) is 21.1. The van der Waals surface area contributed by atoms with E-state index in [0.717, 1.165) is 6.42 Å². The Balaban J connectivity index is 0.000000257. The average Bonchev–Trinajstić information content (AvgIpc) is 2.84. The van der Waals surface area contributed by atoms with E-state index in [1.165, 1.54) is 26.5 Å². The first-order chi connectivity index (χ1) is 11.7. The van der Waals surface area contributed by atoms with Crippen LogP contribution in [-0.4, -0.2) is 24.3 Å². The molecule has 25 heavy (non-hydrogen) atoms. The molecule has 2 heterocycles. The van der Waals surface area contributed by atoms with Crippen LogP contribution < -0.4 is 10.6 Å². The van der Waals surface area contributed by atoms with Gasteiger partial charge in [-0.25, -0.2) is 0 Å². The van der Waals surface area contributed by atoms with Crippen molar-refractivity contribution in [1.29, 1.82) is 0 Å². The van der Waals surface area contributed by atoms with E-state index in [-0.39, 0.29) is 12.3 Å². The molecule has 5 nitrogen and oxygen atoms in total. The molecule has 6 heteroatoms. The molecule has 0 aliphatic carbocycles. The second-order valence-corrected chi connectivity index (χ2v) is 7.58. The minimum Gasteiger partial charge on any atom is -0.347 e. The summed E-state index contributed by atoms with van der Waals surface area (Å²) in [5.41, 5.74) is 5.93. The summed E-state index contributed by atoms with van der Waals surface area (Å²) >= 11 is 1.94. The highest BCUT2D eigenvalue weighted by Crippen LogP contribution is 2.34. The Hall–Kier alpha value is -1.95. The fourth-order valence-corrected chi connectivity index (χ4v) is 3.92. The van der Waals surface area contributed by atoms with Crippen molar-refractivity contribution >= 4 is 35.1 Å². The number of amides is 3. The Morgan fingerprint density at radius 3 is 2.40 bits per heavy atom. The number of carbonyl (C=O) groups is 3. The number of thiophene rings is 1. The molecule has 1 aromatic heterocycles. The molecule has 2 N–H and O–H groups in total. The van der Waals surface area contributed by atoms with Gasteiger partial charge in [-0.15, -0.1) is 11.3 Å². The van der Waals surface area contributed by atoms with Gasteiger partial charge in [0.25, 0.3) is 0 Å². The highest BCUT2D eigenvalue weighted by molar-refractivity contribution is 7.13. The largest absolute Gasteiger partial charge is 0.347 e. The third-order valence-corrected chi connectivity index (χ3v) is 5.83. The summed E-state index contributed by atoms with van der Waals surface area (Å²) < 4.78 is 0. The number of hydrogen-bond acceptors (Lipinski definition) is 4. The van der Waals surface area contributed by atoms with E-state index >= 15 is 0 Å². The molecular weight excluding hydrogens is 336 g/mol. The van der Waals surface area contributed by atoms with Crippen molar-refractivity contribution < 1.29 is 14.4 Å². The molecule has 0 aromatic carbocycles. The molecule has 138 valence electrons. The van der Waals surface area contributed by atoms with Crippen LogP contribution in [0.15, 0.2) is 5.57 Å². The van der Waals surface area contributed by atoms with E-state index in [1.807, 2.05) is 11.3 Å². The molecule has 0 bridgehead atoms. The molecule has 1 aromatic rings. The van der Waals surface area contributed by atoms with Gasteiger partial charge in [-0.05, 0) is 64.2 Å². The predicted octanol–water partition coefficient (Wildman–Crippen LogP) is 3.28. The number of hydrogen-bond donors (Lipinski definition) is 2. The first-order valence-corrected chi connectivity index (χ1v) is 9.31. The lowest BCUT2D eigenvalue weighted by Gasteiger charge is -2.19. The van der Waals surface area contributed by atoms with Crippen LogP contribution in [0.3, 0.4) is 0 Å². The maximum atomic E-state index is 10.8. The number of piperidine rings is 1. The van der Waals surface area contributed by atoms with E-state index in [0.29, 0.717) is 12.8 Å². The van der Waals surface area contributed by atoms with Gasteiger partial charge in [0.05, 0.1) is 0 Å². The van der Waals surface area contributed by atoms with Crippen LogP contribution in [0.25, 0.3) is 5.57 Å². The summed E-state index contributed by atoms with van der Waals surface area (Å²) in [6, 6.07) is -0.537. The van der Waals surface area contributed by atoms with E-state index in [4.69, 9.17) is 0 Å². The summed E-state index contributed by atoms with van der Waals surface area (Å²) in [6.07, 6.45) is 2.29. The molecule has 1 aliphatic heterocycles. The number of nitrogens with one attached hydrogen (secondary N) is 2. The fourth-order valence-electron chi connectivity index (χ4n) is 2.56. The van der Waals surface area contributed by atoms with Crippen LogP contribution in [0, 0.1) is 13.8 Å². The van der Waals surface area contributed by atoms with E-state index in [9.17, 15) is 14.4 Å². The summed E-state index contributed by atoms with van der Waals surface area (Å²) in [7, 11) is 0. The molecule has 0 radical (unpaired) electrons. The monoisotopic (exact) mass is 364 g/mol. The van der Waals surface area contributed by atoms with Crippen molar-refractivity contribution in [3.8, 4) is 0 Å². The van der Waals surface area contributed by atoms with Gasteiger partial charge in [0.15, 0.2) is 0 Å². The average molecular weight is 365 g/mol. The standard InChI is InChI=1S/C13H20S.C6H8N2O3/c1-7-12-10(5)11(6)14-13(12)9(4)8(2)3;9-3-7-4-1-2-5(10)8-6(4)11/h7H2,1-6H3;3-4H,1-2H2,(H,7,9)(H,8,10,11). The number of allylic oxidation sites excluding steroid dienone is 2. The van der Waals surface area contributed by atoms with Crippen LogP contribution in [0.4, 0.5) is 0 Å². The Bertz CT molecular complexity index is 685. The van der Waals surface area contributed by atoms with Crippen LogP contribution in [-0.2, 0) is 20.8 Å². The number of rotatable bonds is 4. The highest BCUT2D eigenvalue weighted by Gasteiger charge is 2.25. The van der Waals surface area contributed by atoms with Crippen molar-refractivity contribution in [3.05, 3.63) is 26.5 Å². The van der Waals surface area contributed by atoms with Gasteiger partial charge >= 0.3 is 0 Å². The number of aryl methyl sites for hydroxylation is 1. The molecule has 1 unspecified atom stereocenters. The number of imide groups is 1. The van der Waals surface area contributed by atoms with Crippen LogP contribution >= 0.6 is 11.3 Å². The van der Waals surface area contributed by atoms with Crippen molar-refractivity contribution in [2.24, 2.45) is 0 Å². The lowest BCUT2D eigenvalue weighted by atomic mass is 10.0. The molecule has 1 fully saturated rings. The van der Waals surface area contributed by atoms with Gasteiger partial charge < -0.3 is 5.32 Å². The van der Waals surface area contributed by atoms with Gasteiger partial charge in [-0.2, -0.15) is 0 Å². The zero-order valence-corrected chi connectivity index (χ0v) is 16.7. The lowest BCUT2D eigenvalue weighted by Crippen LogP contribution is -2.50. The lowest BCUT2D eigenvalue weighted by molar-refractivity contribution is -0.135. The van der Waals surface area contributed by atoms with Gasteiger partial charge in [-0.1, -0.05) is 12.5 Å². The van der Waals surface area contributed by atoms with Gasteiger partial charge in [0, 0.05) is 16.2 Å². The van der Waals surface area contributed by atoms with Gasteiger partial charge in [0.2, 0.25) is 18.2 Å². The second-order valence-electron chi connectivity index (χ2n) is 6.36. The molecule has 3 amide bonds. The minimum absolute atomic E-state index is 0.279. The SMILES string of the molecule is CCc1c(C(C)=C(C)C)sc(C)c1C.O=CNC1CCC(=O)NC1=O. The van der Waals surface area contributed by atoms with Crippen molar-refractivity contribution in [2.45, 2.75) is 66.8 Å². The zero-order chi connectivity index (χ0) is 19.1. The summed E-state index contributed by atoms with van der Waals surface area (Å²) in [5.74, 6) is -0.702. The predicted molar refractivity (Wildman–Crippen MR) is 102 cm³/mol. The van der Waals surface area contributed by atoms with Crippen molar-refractivity contribution in [2.75, 3.05) is 0 Å². The first-order valence-electron chi connectivity index (χ1n) is 8.49. The Kier molecular flexibility index (Phi) is 8.03. The van der Waals surface area contributed by atoms with E-state index in [1.54, 1.807) is 5.56 Å². The fraction of sp³-hybridized carbons (Fsp3) is 0.526. The van der Waals surface area contributed by atoms with Crippen LogP contribution in [0.5, 0.6) is 0 Å². The quantitative estimate of drug-likeness (QED) is 0.636. The van der Waals surface area contributed by atoms with Gasteiger partial charge in [0.1, 0.15) is 6.04 Å². The molecule has 0 saturated carbocycles. The summed E-state index contributed by atoms with van der Waals surface area (Å²) in [6.45, 7) is 13.3. The molecule has 1 atom stereocenters. The topological polar surface area (TPSA) is 75.3 Å². The van der Waals surface area contributed by atoms with Crippen LogP contribution in [0.1, 0.15) is 61.4 Å². The Morgan fingerprint density at radius 2 is 1.92 bits per heavy atom. The second kappa shape index (κ2) is 9.51. The smallest absolute Gasteiger partial charge is 0.249 e. The maximum absolute atomic E-state index is 10.8. The Morgan fingerprint density at radius 1 is 1.28 bits per heavy atom. The maximum Gasteiger partial charge on any atom is 0.249 e. The van der Waals surface area contributed by atoms with Crippen molar-refractivity contribution in [1.82, 2.24) is 10.6 Å². The Labute approximate surface area is 153 Å². The third-order valence-electron chi connectivity index (χ3n) is 4.46. The molecular formula is C19H28N2O3S. The zero-order valence-electron chi connectivity index (χ0n) is 15.9. The summed E-state index contributed by atoms with van der Waals surface area (Å²) in [4.78, 5) is 34.3. The number of carbonyl (C=O) groups excluding carboxylic acids is 3. The molecule has 1 aliphatic rings. The summed E-state index contributed by atoms with van der Waals surface area (Å²) in [5, 5.41) is 4.42. The van der Waals surface area contributed by atoms with Crippen LogP contribution in [0.2, 0.25) is 0 Å². The molecule has 2 rings (SSSR count).